The first-order valence-corrected chi connectivity index (χ1v) is 7.33. The van der Waals surface area contributed by atoms with Gasteiger partial charge in [0, 0.05) is 24.6 Å². The Labute approximate surface area is 122 Å². The molecule has 0 saturated heterocycles. The lowest BCUT2D eigenvalue weighted by Crippen LogP contribution is -2.30. The second-order valence-corrected chi connectivity index (χ2v) is 6.15. The number of aromatic nitrogens is 2. The van der Waals surface area contributed by atoms with E-state index in [0.717, 1.165) is 36.0 Å². The third kappa shape index (κ3) is 4.96. The molecule has 0 radical (unpaired) electrons. The summed E-state index contributed by atoms with van der Waals surface area (Å²) in [6.45, 7) is 13.2. The standard InChI is InChI=1S/C15H28N4O/c1-7-8-16-13-11(4)14(17-9-15(5,6)20)19-12(18-13)10(2)3/h10,20H,7-9H2,1-6H3,(H2,16,17,18,19). The quantitative estimate of drug-likeness (QED) is 0.716. The predicted octanol–water partition coefficient (Wildman–Crippen LogP) is 2.91. The lowest BCUT2D eigenvalue weighted by atomic mass is 10.1. The second kappa shape index (κ2) is 6.88. The van der Waals surface area contributed by atoms with Crippen molar-refractivity contribution in [3.05, 3.63) is 11.4 Å². The zero-order valence-corrected chi connectivity index (χ0v) is 13.5. The number of nitrogens with zero attached hydrogens (tertiary/aromatic N) is 2. The van der Waals surface area contributed by atoms with E-state index in [1.807, 2.05) is 6.92 Å². The fourth-order valence-electron chi connectivity index (χ4n) is 1.68. The lowest BCUT2D eigenvalue weighted by Gasteiger charge is -2.21. The molecular formula is C15H28N4O. The van der Waals surface area contributed by atoms with Gasteiger partial charge >= 0.3 is 0 Å². The SMILES string of the molecule is CCCNc1nc(C(C)C)nc(NCC(C)(C)O)c1C. The molecule has 1 rings (SSSR count). The minimum Gasteiger partial charge on any atom is -0.389 e. The maximum Gasteiger partial charge on any atom is 0.135 e. The normalized spacial score (nSPS) is 11.8. The first kappa shape index (κ1) is 16.7. The van der Waals surface area contributed by atoms with E-state index in [0.29, 0.717) is 6.54 Å². The molecule has 0 fully saturated rings. The minimum absolute atomic E-state index is 0.264. The summed E-state index contributed by atoms with van der Waals surface area (Å²) in [6.07, 6.45) is 1.05. The van der Waals surface area contributed by atoms with E-state index in [2.05, 4.69) is 41.4 Å². The van der Waals surface area contributed by atoms with Crippen LogP contribution < -0.4 is 10.6 Å². The molecule has 5 heteroatoms. The average Bonchev–Trinajstić information content (AvgIpc) is 2.34. The van der Waals surface area contributed by atoms with Crippen LogP contribution in [0.15, 0.2) is 0 Å². The van der Waals surface area contributed by atoms with E-state index in [4.69, 9.17) is 0 Å². The van der Waals surface area contributed by atoms with Crippen molar-refractivity contribution in [2.45, 2.75) is 59.5 Å². The maximum atomic E-state index is 9.84. The van der Waals surface area contributed by atoms with Gasteiger partial charge in [0.15, 0.2) is 0 Å². The molecule has 1 aromatic heterocycles. The van der Waals surface area contributed by atoms with Crippen LogP contribution in [0.5, 0.6) is 0 Å². The third-order valence-corrected chi connectivity index (χ3v) is 2.91. The molecule has 1 aromatic rings. The van der Waals surface area contributed by atoms with Gasteiger partial charge in [-0.1, -0.05) is 20.8 Å². The summed E-state index contributed by atoms with van der Waals surface area (Å²) in [4.78, 5) is 9.16. The monoisotopic (exact) mass is 280 g/mol. The summed E-state index contributed by atoms with van der Waals surface area (Å²) in [6, 6.07) is 0. The summed E-state index contributed by atoms with van der Waals surface area (Å²) < 4.78 is 0. The highest BCUT2D eigenvalue weighted by Crippen LogP contribution is 2.23. The minimum atomic E-state index is -0.771. The van der Waals surface area contributed by atoms with Crippen LogP contribution in [0.25, 0.3) is 0 Å². The zero-order valence-electron chi connectivity index (χ0n) is 13.5. The molecule has 0 aliphatic carbocycles. The van der Waals surface area contributed by atoms with Gasteiger partial charge in [-0.05, 0) is 27.2 Å². The lowest BCUT2D eigenvalue weighted by molar-refractivity contribution is 0.0944. The average molecular weight is 280 g/mol. The van der Waals surface area contributed by atoms with Gasteiger partial charge in [0.1, 0.15) is 17.5 Å². The maximum absolute atomic E-state index is 9.84. The molecule has 0 atom stereocenters. The molecule has 20 heavy (non-hydrogen) atoms. The molecule has 1 heterocycles. The van der Waals surface area contributed by atoms with Gasteiger partial charge < -0.3 is 15.7 Å². The predicted molar refractivity (Wildman–Crippen MR) is 84.4 cm³/mol. The van der Waals surface area contributed by atoms with Gasteiger partial charge in [-0.25, -0.2) is 9.97 Å². The molecule has 0 saturated carbocycles. The van der Waals surface area contributed by atoms with Crippen molar-refractivity contribution in [3.63, 3.8) is 0 Å². The summed E-state index contributed by atoms with van der Waals surface area (Å²) in [5.41, 5.74) is 0.221. The van der Waals surface area contributed by atoms with E-state index >= 15 is 0 Å². The molecule has 0 aliphatic heterocycles. The zero-order chi connectivity index (χ0) is 15.3. The molecule has 114 valence electrons. The Morgan fingerprint density at radius 1 is 1.15 bits per heavy atom. The molecule has 0 aromatic carbocycles. The summed E-state index contributed by atoms with van der Waals surface area (Å²) in [7, 11) is 0. The smallest absolute Gasteiger partial charge is 0.135 e. The van der Waals surface area contributed by atoms with Crippen LogP contribution >= 0.6 is 0 Å². The van der Waals surface area contributed by atoms with Crippen LogP contribution in [-0.2, 0) is 0 Å². The van der Waals surface area contributed by atoms with Crippen LogP contribution in [0.1, 0.15) is 58.3 Å². The number of nitrogens with one attached hydrogen (secondary N) is 2. The van der Waals surface area contributed by atoms with Gasteiger partial charge in [-0.15, -0.1) is 0 Å². The Morgan fingerprint density at radius 3 is 2.15 bits per heavy atom. The highest BCUT2D eigenvalue weighted by molar-refractivity contribution is 5.57. The highest BCUT2D eigenvalue weighted by Gasteiger charge is 2.16. The summed E-state index contributed by atoms with van der Waals surface area (Å²) in [5, 5.41) is 16.4. The number of anilines is 2. The van der Waals surface area contributed by atoms with E-state index in [-0.39, 0.29) is 5.92 Å². The van der Waals surface area contributed by atoms with E-state index in [1.54, 1.807) is 13.8 Å². The highest BCUT2D eigenvalue weighted by atomic mass is 16.3. The van der Waals surface area contributed by atoms with Gasteiger partial charge in [-0.2, -0.15) is 0 Å². The molecule has 0 unspecified atom stereocenters. The van der Waals surface area contributed by atoms with E-state index < -0.39 is 5.60 Å². The molecular weight excluding hydrogens is 252 g/mol. The van der Waals surface area contributed by atoms with Gasteiger partial charge in [0.25, 0.3) is 0 Å². The molecule has 0 bridgehead atoms. The van der Waals surface area contributed by atoms with Crippen molar-refractivity contribution in [3.8, 4) is 0 Å². The Morgan fingerprint density at radius 2 is 1.70 bits per heavy atom. The van der Waals surface area contributed by atoms with E-state index in [9.17, 15) is 5.11 Å². The third-order valence-electron chi connectivity index (χ3n) is 2.91. The van der Waals surface area contributed by atoms with Crippen molar-refractivity contribution >= 4 is 11.6 Å². The Kier molecular flexibility index (Phi) is 5.74. The van der Waals surface area contributed by atoms with Crippen LogP contribution in [0.4, 0.5) is 11.6 Å². The summed E-state index contributed by atoms with van der Waals surface area (Å²) >= 11 is 0. The number of rotatable bonds is 7. The Bertz CT molecular complexity index is 438. The first-order valence-electron chi connectivity index (χ1n) is 7.33. The Hall–Kier alpha value is -1.36. The topological polar surface area (TPSA) is 70.1 Å². The van der Waals surface area contributed by atoms with Gasteiger partial charge in [0.05, 0.1) is 5.60 Å². The second-order valence-electron chi connectivity index (χ2n) is 6.15. The molecule has 3 N–H and O–H groups in total. The van der Waals surface area contributed by atoms with Crippen LogP contribution in [0.3, 0.4) is 0 Å². The van der Waals surface area contributed by atoms with Crippen LogP contribution in [0, 0.1) is 6.92 Å². The molecule has 0 amide bonds. The fraction of sp³-hybridized carbons (Fsp3) is 0.733. The van der Waals surface area contributed by atoms with Gasteiger partial charge in [0.2, 0.25) is 0 Å². The number of aliphatic hydroxyl groups is 1. The van der Waals surface area contributed by atoms with Crippen molar-refractivity contribution in [1.82, 2.24) is 9.97 Å². The van der Waals surface area contributed by atoms with Crippen molar-refractivity contribution in [2.75, 3.05) is 23.7 Å². The fourth-order valence-corrected chi connectivity index (χ4v) is 1.68. The summed E-state index contributed by atoms with van der Waals surface area (Å²) in [5.74, 6) is 2.75. The van der Waals surface area contributed by atoms with Gasteiger partial charge in [-0.3, -0.25) is 0 Å². The van der Waals surface area contributed by atoms with Crippen LogP contribution in [0.2, 0.25) is 0 Å². The van der Waals surface area contributed by atoms with Crippen molar-refractivity contribution in [1.29, 1.82) is 0 Å². The molecule has 5 nitrogen and oxygen atoms in total. The van der Waals surface area contributed by atoms with Crippen molar-refractivity contribution in [2.24, 2.45) is 0 Å². The van der Waals surface area contributed by atoms with Crippen molar-refractivity contribution < 1.29 is 5.11 Å². The van der Waals surface area contributed by atoms with E-state index in [1.165, 1.54) is 0 Å². The molecule has 0 spiro atoms. The number of hydrogen-bond acceptors (Lipinski definition) is 5. The number of hydrogen-bond donors (Lipinski definition) is 3. The van der Waals surface area contributed by atoms with Crippen LogP contribution in [-0.4, -0.2) is 33.8 Å². The molecule has 0 aliphatic rings. The first-order chi connectivity index (χ1) is 9.24. The largest absolute Gasteiger partial charge is 0.389 e. The Balaban J connectivity index is 3.04.